The topological polar surface area (TPSA) is 53.7 Å². The number of hydrogen-bond donors (Lipinski definition) is 1. The minimum atomic E-state index is 0.0193. The van der Waals surface area contributed by atoms with Crippen molar-refractivity contribution in [3.8, 4) is 11.5 Å². The highest BCUT2D eigenvalue weighted by molar-refractivity contribution is 5.51. The Labute approximate surface area is 121 Å². The maximum absolute atomic E-state index is 6.13. The molecule has 4 nitrogen and oxygen atoms in total. The highest BCUT2D eigenvalue weighted by Gasteiger charge is 2.38. The SMILES string of the molecule is COCc1cc(OC)cc(OC)c1C1(CN)CCCC1. The summed E-state index contributed by atoms with van der Waals surface area (Å²) in [7, 11) is 5.08. The summed E-state index contributed by atoms with van der Waals surface area (Å²) in [5, 5.41) is 0. The minimum Gasteiger partial charge on any atom is -0.497 e. The lowest BCUT2D eigenvalue weighted by Crippen LogP contribution is -2.33. The molecule has 0 saturated heterocycles. The Bertz CT molecular complexity index is 453. The molecule has 2 rings (SSSR count). The molecule has 112 valence electrons. The molecule has 2 N–H and O–H groups in total. The summed E-state index contributed by atoms with van der Waals surface area (Å²) in [5.41, 5.74) is 8.48. The van der Waals surface area contributed by atoms with E-state index in [0.717, 1.165) is 29.9 Å². The van der Waals surface area contributed by atoms with E-state index in [-0.39, 0.29) is 5.41 Å². The van der Waals surface area contributed by atoms with E-state index in [1.807, 2.05) is 12.1 Å². The zero-order chi connectivity index (χ0) is 14.6. The van der Waals surface area contributed by atoms with Crippen molar-refractivity contribution in [2.24, 2.45) is 5.73 Å². The van der Waals surface area contributed by atoms with Gasteiger partial charge in [0, 0.05) is 30.7 Å². The van der Waals surface area contributed by atoms with Crippen molar-refractivity contribution in [1.82, 2.24) is 0 Å². The van der Waals surface area contributed by atoms with E-state index in [0.29, 0.717) is 13.2 Å². The molecule has 20 heavy (non-hydrogen) atoms. The molecule has 0 amide bonds. The standard InChI is InChI=1S/C16H25NO3/c1-18-10-12-8-13(19-2)9-14(20-3)15(12)16(11-17)6-4-5-7-16/h8-9H,4-7,10-11,17H2,1-3H3. The third-order valence-corrected chi connectivity index (χ3v) is 4.39. The lowest BCUT2D eigenvalue weighted by atomic mass is 9.76. The van der Waals surface area contributed by atoms with Crippen LogP contribution in [-0.4, -0.2) is 27.9 Å². The average molecular weight is 279 g/mol. The van der Waals surface area contributed by atoms with E-state index in [1.165, 1.54) is 18.4 Å². The van der Waals surface area contributed by atoms with Gasteiger partial charge >= 0.3 is 0 Å². The van der Waals surface area contributed by atoms with Gasteiger partial charge in [-0.2, -0.15) is 0 Å². The van der Waals surface area contributed by atoms with Gasteiger partial charge in [0.25, 0.3) is 0 Å². The second-order valence-corrected chi connectivity index (χ2v) is 5.49. The molecule has 0 unspecified atom stereocenters. The van der Waals surface area contributed by atoms with Crippen LogP contribution in [-0.2, 0) is 16.8 Å². The second kappa shape index (κ2) is 6.46. The molecule has 0 aliphatic heterocycles. The fourth-order valence-corrected chi connectivity index (χ4v) is 3.40. The van der Waals surface area contributed by atoms with Gasteiger partial charge < -0.3 is 19.9 Å². The molecule has 0 aromatic heterocycles. The summed E-state index contributed by atoms with van der Waals surface area (Å²) in [4.78, 5) is 0. The van der Waals surface area contributed by atoms with Crippen LogP contribution in [0.5, 0.6) is 11.5 Å². The molecule has 1 saturated carbocycles. The molecule has 1 aliphatic rings. The molecule has 0 atom stereocenters. The third-order valence-electron chi connectivity index (χ3n) is 4.39. The van der Waals surface area contributed by atoms with Gasteiger partial charge in [-0.1, -0.05) is 12.8 Å². The molecule has 1 fully saturated rings. The largest absolute Gasteiger partial charge is 0.497 e. The second-order valence-electron chi connectivity index (χ2n) is 5.49. The fraction of sp³-hybridized carbons (Fsp3) is 0.625. The molecule has 0 radical (unpaired) electrons. The quantitative estimate of drug-likeness (QED) is 0.869. The minimum absolute atomic E-state index is 0.0193. The Morgan fingerprint density at radius 1 is 1.10 bits per heavy atom. The first-order chi connectivity index (χ1) is 9.70. The molecule has 0 heterocycles. The van der Waals surface area contributed by atoms with Crippen molar-refractivity contribution in [3.05, 3.63) is 23.3 Å². The van der Waals surface area contributed by atoms with Crippen LogP contribution in [0, 0.1) is 0 Å². The van der Waals surface area contributed by atoms with Gasteiger partial charge in [0.05, 0.1) is 20.8 Å². The van der Waals surface area contributed by atoms with Crippen LogP contribution in [0.2, 0.25) is 0 Å². The van der Waals surface area contributed by atoms with Gasteiger partial charge in [-0.15, -0.1) is 0 Å². The van der Waals surface area contributed by atoms with Crippen molar-refractivity contribution >= 4 is 0 Å². The average Bonchev–Trinajstić information content (AvgIpc) is 2.96. The van der Waals surface area contributed by atoms with Crippen LogP contribution < -0.4 is 15.2 Å². The van der Waals surface area contributed by atoms with Crippen LogP contribution >= 0.6 is 0 Å². The lowest BCUT2D eigenvalue weighted by Gasteiger charge is -2.32. The molecule has 4 heteroatoms. The Morgan fingerprint density at radius 3 is 2.30 bits per heavy atom. The smallest absolute Gasteiger partial charge is 0.126 e. The molecular weight excluding hydrogens is 254 g/mol. The normalized spacial score (nSPS) is 17.2. The van der Waals surface area contributed by atoms with E-state index >= 15 is 0 Å². The summed E-state index contributed by atoms with van der Waals surface area (Å²) in [6, 6.07) is 3.99. The Kier molecular flexibility index (Phi) is 4.89. The Morgan fingerprint density at radius 2 is 1.80 bits per heavy atom. The summed E-state index contributed by atoms with van der Waals surface area (Å²) in [6.07, 6.45) is 4.67. The van der Waals surface area contributed by atoms with Crippen LogP contribution in [0.1, 0.15) is 36.8 Å². The molecule has 1 aromatic carbocycles. The van der Waals surface area contributed by atoms with Crippen LogP contribution in [0.15, 0.2) is 12.1 Å². The van der Waals surface area contributed by atoms with Crippen LogP contribution in [0.25, 0.3) is 0 Å². The maximum atomic E-state index is 6.13. The number of ether oxygens (including phenoxy) is 3. The summed E-state index contributed by atoms with van der Waals surface area (Å²) >= 11 is 0. The molecular formula is C16H25NO3. The van der Waals surface area contributed by atoms with Gasteiger partial charge in [-0.05, 0) is 24.5 Å². The number of benzene rings is 1. The molecule has 1 aliphatic carbocycles. The molecule has 1 aromatic rings. The van der Waals surface area contributed by atoms with E-state index in [1.54, 1.807) is 21.3 Å². The zero-order valence-corrected chi connectivity index (χ0v) is 12.7. The Hall–Kier alpha value is -1.26. The number of rotatable bonds is 6. The zero-order valence-electron chi connectivity index (χ0n) is 12.7. The first-order valence-electron chi connectivity index (χ1n) is 7.15. The lowest BCUT2D eigenvalue weighted by molar-refractivity contribution is 0.181. The van der Waals surface area contributed by atoms with E-state index in [9.17, 15) is 0 Å². The summed E-state index contributed by atoms with van der Waals surface area (Å²) in [5.74, 6) is 1.66. The van der Waals surface area contributed by atoms with Crippen molar-refractivity contribution < 1.29 is 14.2 Å². The van der Waals surface area contributed by atoms with E-state index in [4.69, 9.17) is 19.9 Å². The summed E-state index contributed by atoms with van der Waals surface area (Å²) < 4.78 is 16.3. The first-order valence-corrected chi connectivity index (χ1v) is 7.15. The van der Waals surface area contributed by atoms with Gasteiger partial charge in [0.1, 0.15) is 11.5 Å². The Balaban J connectivity index is 2.58. The summed E-state index contributed by atoms with van der Waals surface area (Å²) in [6.45, 7) is 1.19. The number of hydrogen-bond acceptors (Lipinski definition) is 4. The number of nitrogens with two attached hydrogens (primary N) is 1. The van der Waals surface area contributed by atoms with Crippen molar-refractivity contribution in [2.45, 2.75) is 37.7 Å². The van der Waals surface area contributed by atoms with E-state index in [2.05, 4.69) is 0 Å². The van der Waals surface area contributed by atoms with Crippen molar-refractivity contribution in [3.63, 3.8) is 0 Å². The highest BCUT2D eigenvalue weighted by Crippen LogP contribution is 2.47. The van der Waals surface area contributed by atoms with E-state index < -0.39 is 0 Å². The van der Waals surface area contributed by atoms with Gasteiger partial charge in [-0.25, -0.2) is 0 Å². The van der Waals surface area contributed by atoms with Gasteiger partial charge in [-0.3, -0.25) is 0 Å². The van der Waals surface area contributed by atoms with Gasteiger partial charge in [0.15, 0.2) is 0 Å². The molecule has 0 bridgehead atoms. The third kappa shape index (κ3) is 2.63. The van der Waals surface area contributed by atoms with Gasteiger partial charge in [0.2, 0.25) is 0 Å². The highest BCUT2D eigenvalue weighted by atomic mass is 16.5. The van der Waals surface area contributed by atoms with Crippen LogP contribution in [0.3, 0.4) is 0 Å². The molecule has 0 spiro atoms. The predicted octanol–water partition coefficient (Wildman–Crippen LogP) is 2.62. The maximum Gasteiger partial charge on any atom is 0.126 e. The van der Waals surface area contributed by atoms with Crippen molar-refractivity contribution in [2.75, 3.05) is 27.9 Å². The van der Waals surface area contributed by atoms with Crippen LogP contribution in [0.4, 0.5) is 0 Å². The first kappa shape index (κ1) is 15.1. The van der Waals surface area contributed by atoms with Crippen molar-refractivity contribution in [1.29, 1.82) is 0 Å². The monoisotopic (exact) mass is 279 g/mol. The predicted molar refractivity (Wildman–Crippen MR) is 79.5 cm³/mol. The number of methoxy groups -OCH3 is 3. The fourth-order valence-electron chi connectivity index (χ4n) is 3.40.